The second-order valence-electron chi connectivity index (χ2n) is 7.30. The van der Waals surface area contributed by atoms with Gasteiger partial charge in [0, 0.05) is 12.6 Å². The van der Waals surface area contributed by atoms with Crippen molar-refractivity contribution in [2.24, 2.45) is 11.8 Å². The van der Waals surface area contributed by atoms with Gasteiger partial charge in [0.2, 0.25) is 0 Å². The van der Waals surface area contributed by atoms with E-state index in [1.54, 1.807) is 0 Å². The lowest BCUT2D eigenvalue weighted by Crippen LogP contribution is -2.62. The number of fused-ring (bicyclic) bond motifs is 1. The summed E-state index contributed by atoms with van der Waals surface area (Å²) in [4.78, 5) is 2.51. The van der Waals surface area contributed by atoms with Crippen LogP contribution < -0.4 is 0 Å². The van der Waals surface area contributed by atoms with E-state index in [9.17, 15) is 5.11 Å². The quantitative estimate of drug-likeness (QED) is 0.920. The van der Waals surface area contributed by atoms with Gasteiger partial charge in [-0.2, -0.15) is 0 Å². The van der Waals surface area contributed by atoms with Crippen LogP contribution in [0.1, 0.15) is 45.1 Å². The Morgan fingerprint density at radius 3 is 2.71 bits per heavy atom. The molecule has 2 heteroatoms. The zero-order valence-electron chi connectivity index (χ0n) is 13.5. The standard InChI is InChI=1S/C19H29NO/c1-15-8-11-19(21)16(2)20(13-10-18(19)14-15)12-9-17-6-4-3-5-7-17/h3-7,15-16,18,21H,8-14H2,1-2H3/t15?,16-,18?,19?/m1/s1. The molecule has 2 aliphatic rings. The molecule has 0 aromatic heterocycles. The molecule has 4 atom stereocenters. The molecule has 0 spiro atoms. The Morgan fingerprint density at radius 1 is 1.19 bits per heavy atom. The second-order valence-corrected chi connectivity index (χ2v) is 7.30. The van der Waals surface area contributed by atoms with Crippen LogP contribution in [0.4, 0.5) is 0 Å². The first kappa shape index (κ1) is 15.1. The molecular formula is C19H29NO. The highest BCUT2D eigenvalue weighted by molar-refractivity contribution is 5.15. The predicted octanol–water partition coefficient (Wildman–Crippen LogP) is 3.49. The largest absolute Gasteiger partial charge is 0.388 e. The molecule has 0 amide bonds. The summed E-state index contributed by atoms with van der Waals surface area (Å²) in [5, 5.41) is 11.2. The van der Waals surface area contributed by atoms with Crippen molar-refractivity contribution in [1.82, 2.24) is 4.90 Å². The normalized spacial score (nSPS) is 37.2. The summed E-state index contributed by atoms with van der Waals surface area (Å²) < 4.78 is 0. The third-order valence-corrected chi connectivity index (χ3v) is 6.00. The van der Waals surface area contributed by atoms with E-state index in [0.29, 0.717) is 12.0 Å². The van der Waals surface area contributed by atoms with E-state index in [2.05, 4.69) is 49.1 Å². The van der Waals surface area contributed by atoms with Crippen LogP contribution in [0.5, 0.6) is 0 Å². The van der Waals surface area contributed by atoms with Gasteiger partial charge in [-0.1, -0.05) is 37.3 Å². The summed E-state index contributed by atoms with van der Waals surface area (Å²) in [5.41, 5.74) is 0.956. The number of piperidine rings is 1. The summed E-state index contributed by atoms with van der Waals surface area (Å²) in [5.74, 6) is 1.31. The van der Waals surface area contributed by atoms with Crippen molar-refractivity contribution >= 4 is 0 Å². The Hall–Kier alpha value is -0.860. The summed E-state index contributed by atoms with van der Waals surface area (Å²) in [6, 6.07) is 11.0. The maximum Gasteiger partial charge on any atom is 0.0828 e. The maximum absolute atomic E-state index is 11.2. The molecule has 1 saturated heterocycles. The number of benzene rings is 1. The summed E-state index contributed by atoms with van der Waals surface area (Å²) in [6.07, 6.45) is 5.64. The third-order valence-electron chi connectivity index (χ3n) is 6.00. The fourth-order valence-corrected chi connectivity index (χ4v) is 4.46. The zero-order chi connectivity index (χ0) is 14.9. The van der Waals surface area contributed by atoms with E-state index in [-0.39, 0.29) is 0 Å². The third kappa shape index (κ3) is 3.02. The van der Waals surface area contributed by atoms with Crippen LogP contribution in [-0.4, -0.2) is 34.7 Å². The van der Waals surface area contributed by atoms with E-state index in [4.69, 9.17) is 0 Å². The smallest absolute Gasteiger partial charge is 0.0828 e. The van der Waals surface area contributed by atoms with Crippen molar-refractivity contribution in [1.29, 1.82) is 0 Å². The molecule has 1 aliphatic heterocycles. The molecule has 1 saturated carbocycles. The molecule has 0 radical (unpaired) electrons. The van der Waals surface area contributed by atoms with Gasteiger partial charge in [0.05, 0.1) is 5.60 Å². The highest BCUT2D eigenvalue weighted by atomic mass is 16.3. The fourth-order valence-electron chi connectivity index (χ4n) is 4.46. The minimum atomic E-state index is -0.443. The van der Waals surface area contributed by atoms with Gasteiger partial charge in [-0.25, -0.2) is 0 Å². The van der Waals surface area contributed by atoms with Gasteiger partial charge >= 0.3 is 0 Å². The molecule has 1 aromatic rings. The summed E-state index contributed by atoms with van der Waals surface area (Å²) >= 11 is 0. The van der Waals surface area contributed by atoms with Crippen molar-refractivity contribution in [2.45, 2.75) is 57.6 Å². The topological polar surface area (TPSA) is 23.5 Å². The van der Waals surface area contributed by atoms with Gasteiger partial charge in [-0.05, 0) is 63.0 Å². The number of aliphatic hydroxyl groups is 1. The van der Waals surface area contributed by atoms with Crippen molar-refractivity contribution in [3.63, 3.8) is 0 Å². The Balaban J connectivity index is 1.63. The first-order valence-electron chi connectivity index (χ1n) is 8.60. The van der Waals surface area contributed by atoms with Crippen molar-refractivity contribution in [3.8, 4) is 0 Å². The number of hydrogen-bond acceptors (Lipinski definition) is 2. The lowest BCUT2D eigenvalue weighted by atomic mass is 9.65. The van der Waals surface area contributed by atoms with Crippen LogP contribution in [0.2, 0.25) is 0 Å². The van der Waals surface area contributed by atoms with Gasteiger partial charge in [0.15, 0.2) is 0 Å². The molecule has 1 N–H and O–H groups in total. The molecule has 1 aliphatic carbocycles. The fraction of sp³-hybridized carbons (Fsp3) is 0.684. The average molecular weight is 287 g/mol. The number of likely N-dealkylation sites (tertiary alicyclic amines) is 1. The molecule has 0 bridgehead atoms. The minimum absolute atomic E-state index is 0.299. The van der Waals surface area contributed by atoms with Gasteiger partial charge in [-0.15, -0.1) is 0 Å². The average Bonchev–Trinajstić information content (AvgIpc) is 2.50. The van der Waals surface area contributed by atoms with Crippen molar-refractivity contribution < 1.29 is 5.11 Å². The summed E-state index contributed by atoms with van der Waals surface area (Å²) in [6.45, 7) is 6.79. The van der Waals surface area contributed by atoms with E-state index in [1.807, 2.05) is 0 Å². The lowest BCUT2D eigenvalue weighted by Gasteiger charge is -2.53. The maximum atomic E-state index is 11.2. The lowest BCUT2D eigenvalue weighted by molar-refractivity contribution is -0.142. The Kier molecular flexibility index (Phi) is 4.37. The summed E-state index contributed by atoms with van der Waals surface area (Å²) in [7, 11) is 0. The highest BCUT2D eigenvalue weighted by Gasteiger charge is 2.49. The van der Waals surface area contributed by atoms with Crippen molar-refractivity contribution in [3.05, 3.63) is 35.9 Å². The Labute approximate surface area is 129 Å². The predicted molar refractivity (Wildman–Crippen MR) is 87.3 cm³/mol. The number of nitrogens with zero attached hydrogens (tertiary/aromatic N) is 1. The van der Waals surface area contributed by atoms with Gasteiger partial charge < -0.3 is 5.11 Å². The van der Waals surface area contributed by atoms with Crippen LogP contribution in [0.3, 0.4) is 0 Å². The molecule has 116 valence electrons. The van der Waals surface area contributed by atoms with Gasteiger partial charge in [0.1, 0.15) is 0 Å². The van der Waals surface area contributed by atoms with Crippen LogP contribution >= 0.6 is 0 Å². The van der Waals surface area contributed by atoms with Crippen molar-refractivity contribution in [2.75, 3.05) is 13.1 Å². The van der Waals surface area contributed by atoms with Crippen LogP contribution in [0.25, 0.3) is 0 Å². The molecule has 21 heavy (non-hydrogen) atoms. The molecular weight excluding hydrogens is 258 g/mol. The highest BCUT2D eigenvalue weighted by Crippen LogP contribution is 2.45. The number of rotatable bonds is 3. The number of hydrogen-bond donors (Lipinski definition) is 1. The molecule has 3 unspecified atom stereocenters. The van der Waals surface area contributed by atoms with E-state index < -0.39 is 5.60 Å². The molecule has 2 nitrogen and oxygen atoms in total. The van der Waals surface area contributed by atoms with E-state index >= 15 is 0 Å². The minimum Gasteiger partial charge on any atom is -0.388 e. The van der Waals surface area contributed by atoms with Gasteiger partial charge in [-0.3, -0.25) is 4.90 Å². The first-order valence-corrected chi connectivity index (χ1v) is 8.60. The van der Waals surface area contributed by atoms with Gasteiger partial charge in [0.25, 0.3) is 0 Å². The molecule has 2 fully saturated rings. The van der Waals surface area contributed by atoms with E-state index in [0.717, 1.165) is 31.8 Å². The Bertz CT molecular complexity index is 460. The van der Waals surface area contributed by atoms with E-state index in [1.165, 1.54) is 24.8 Å². The monoisotopic (exact) mass is 287 g/mol. The second kappa shape index (κ2) is 6.10. The van der Waals surface area contributed by atoms with Crippen LogP contribution in [0.15, 0.2) is 30.3 Å². The zero-order valence-corrected chi connectivity index (χ0v) is 13.5. The first-order chi connectivity index (χ1) is 10.1. The van der Waals surface area contributed by atoms with Crippen LogP contribution in [0, 0.1) is 11.8 Å². The Morgan fingerprint density at radius 2 is 1.95 bits per heavy atom. The molecule has 1 heterocycles. The SMILES string of the molecule is CC1CCC2(O)C(CCN(CCc3ccccc3)[C@@H]2C)C1. The molecule has 3 rings (SSSR count). The molecule has 1 aromatic carbocycles. The van der Waals surface area contributed by atoms with Crippen LogP contribution in [-0.2, 0) is 6.42 Å².